The minimum absolute atomic E-state index is 0.165. The lowest BCUT2D eigenvalue weighted by Gasteiger charge is -2.15. The number of nitrogens with zero attached hydrogens (tertiary/aromatic N) is 1. The Balaban J connectivity index is 1.70. The van der Waals surface area contributed by atoms with E-state index in [2.05, 4.69) is 21.7 Å². The van der Waals surface area contributed by atoms with Gasteiger partial charge < -0.3 is 20.1 Å². The molecule has 20 heavy (non-hydrogen) atoms. The Labute approximate surface area is 120 Å². The zero-order valence-electron chi connectivity index (χ0n) is 12.2. The summed E-state index contributed by atoms with van der Waals surface area (Å²) >= 11 is 0. The van der Waals surface area contributed by atoms with Crippen LogP contribution in [-0.4, -0.2) is 45.4 Å². The molecular weight excluding hydrogens is 254 g/mol. The molecule has 1 aliphatic rings. The van der Waals surface area contributed by atoms with E-state index in [1.54, 1.807) is 7.05 Å². The second kappa shape index (κ2) is 7.75. The van der Waals surface area contributed by atoms with E-state index >= 15 is 0 Å². The van der Waals surface area contributed by atoms with Gasteiger partial charge in [-0.15, -0.1) is 0 Å². The van der Waals surface area contributed by atoms with Crippen LogP contribution in [0.25, 0.3) is 0 Å². The maximum atomic E-state index is 5.87. The smallest absolute Gasteiger partial charge is 0.191 e. The van der Waals surface area contributed by atoms with Crippen molar-refractivity contribution in [2.45, 2.75) is 19.4 Å². The van der Waals surface area contributed by atoms with E-state index in [9.17, 15) is 0 Å². The number of ether oxygens (including phenoxy) is 2. The Morgan fingerprint density at radius 3 is 3.00 bits per heavy atom. The second-order valence-electron chi connectivity index (χ2n) is 4.63. The molecule has 1 unspecified atom stereocenters. The molecular formula is C15H23N3O2. The third kappa shape index (κ3) is 4.13. The Kier molecular flexibility index (Phi) is 5.68. The highest BCUT2D eigenvalue weighted by Gasteiger charge is 2.22. The number of aliphatic imine (C=N–C) groups is 1. The van der Waals surface area contributed by atoms with Crippen molar-refractivity contribution in [3.8, 4) is 5.75 Å². The predicted octanol–water partition coefficient (Wildman–Crippen LogP) is 1.19. The molecule has 2 N–H and O–H groups in total. The van der Waals surface area contributed by atoms with Crippen LogP contribution in [-0.2, 0) is 11.2 Å². The summed E-state index contributed by atoms with van der Waals surface area (Å²) < 4.78 is 11.2. The van der Waals surface area contributed by atoms with Crippen molar-refractivity contribution in [2.75, 3.05) is 33.4 Å². The van der Waals surface area contributed by atoms with Gasteiger partial charge in [0.2, 0.25) is 0 Å². The van der Waals surface area contributed by atoms with Gasteiger partial charge in [-0.1, -0.05) is 18.2 Å². The number of para-hydroxylation sites is 1. The number of fused-ring (bicyclic) bond motifs is 1. The van der Waals surface area contributed by atoms with Gasteiger partial charge in [0.05, 0.1) is 13.2 Å². The first kappa shape index (κ1) is 14.7. The molecule has 110 valence electrons. The summed E-state index contributed by atoms with van der Waals surface area (Å²) in [6, 6.07) is 8.18. The van der Waals surface area contributed by atoms with Gasteiger partial charge in [-0.3, -0.25) is 4.99 Å². The quantitative estimate of drug-likeness (QED) is 0.466. The second-order valence-corrected chi connectivity index (χ2v) is 4.63. The zero-order chi connectivity index (χ0) is 14.2. The molecule has 0 bridgehead atoms. The molecule has 5 nitrogen and oxygen atoms in total. The van der Waals surface area contributed by atoms with E-state index in [0.717, 1.165) is 37.8 Å². The van der Waals surface area contributed by atoms with Crippen molar-refractivity contribution in [3.05, 3.63) is 29.8 Å². The van der Waals surface area contributed by atoms with Crippen LogP contribution in [0.5, 0.6) is 5.75 Å². The maximum Gasteiger partial charge on any atom is 0.191 e. The molecule has 1 atom stereocenters. The predicted molar refractivity (Wildman–Crippen MR) is 80.4 cm³/mol. The van der Waals surface area contributed by atoms with Gasteiger partial charge in [-0.25, -0.2) is 0 Å². The van der Waals surface area contributed by atoms with Crippen LogP contribution in [0.4, 0.5) is 0 Å². The Hall–Kier alpha value is -1.75. The number of benzene rings is 1. The highest BCUT2D eigenvalue weighted by molar-refractivity contribution is 5.79. The lowest BCUT2D eigenvalue weighted by Crippen LogP contribution is -2.43. The van der Waals surface area contributed by atoms with E-state index in [4.69, 9.17) is 9.47 Å². The normalized spacial score (nSPS) is 17.5. The highest BCUT2D eigenvalue weighted by Crippen LogP contribution is 2.27. The maximum absolute atomic E-state index is 5.87. The Morgan fingerprint density at radius 2 is 2.25 bits per heavy atom. The first-order valence-corrected chi connectivity index (χ1v) is 7.10. The summed E-state index contributed by atoms with van der Waals surface area (Å²) in [5, 5.41) is 6.49. The summed E-state index contributed by atoms with van der Waals surface area (Å²) in [5.41, 5.74) is 1.28. The number of hydrogen-bond acceptors (Lipinski definition) is 3. The van der Waals surface area contributed by atoms with Crippen LogP contribution < -0.4 is 15.4 Å². The van der Waals surface area contributed by atoms with Crippen molar-refractivity contribution in [2.24, 2.45) is 4.99 Å². The first-order valence-electron chi connectivity index (χ1n) is 7.10. The van der Waals surface area contributed by atoms with Crippen molar-refractivity contribution in [3.63, 3.8) is 0 Å². The lowest BCUT2D eigenvalue weighted by molar-refractivity contribution is 0.152. The van der Waals surface area contributed by atoms with Gasteiger partial charge >= 0.3 is 0 Å². The van der Waals surface area contributed by atoms with Gasteiger partial charge in [0.25, 0.3) is 0 Å². The molecule has 1 aromatic rings. The van der Waals surface area contributed by atoms with Gasteiger partial charge in [0.1, 0.15) is 11.9 Å². The molecule has 0 aliphatic carbocycles. The molecule has 1 heterocycles. The minimum Gasteiger partial charge on any atom is -0.488 e. The van der Waals surface area contributed by atoms with Crippen LogP contribution in [0.3, 0.4) is 0 Å². The molecule has 1 aliphatic heterocycles. The number of hydrogen-bond donors (Lipinski definition) is 2. The van der Waals surface area contributed by atoms with Crippen LogP contribution in [0.15, 0.2) is 29.3 Å². The van der Waals surface area contributed by atoms with Gasteiger partial charge in [-0.05, 0) is 18.6 Å². The number of nitrogens with one attached hydrogen (secondary N) is 2. The van der Waals surface area contributed by atoms with Crippen molar-refractivity contribution in [1.82, 2.24) is 10.6 Å². The fourth-order valence-electron chi connectivity index (χ4n) is 2.18. The van der Waals surface area contributed by atoms with E-state index < -0.39 is 0 Å². The molecule has 1 aromatic carbocycles. The van der Waals surface area contributed by atoms with Crippen molar-refractivity contribution >= 4 is 5.96 Å². The van der Waals surface area contributed by atoms with E-state index in [-0.39, 0.29) is 6.10 Å². The third-order valence-corrected chi connectivity index (χ3v) is 3.18. The molecule has 0 fully saturated rings. The monoisotopic (exact) mass is 277 g/mol. The standard InChI is InChI=1S/C15H23N3O2/c1-3-19-9-8-17-15(16-2)18-11-13-10-12-6-4-5-7-14(12)20-13/h4-7,13H,3,8-11H2,1-2H3,(H2,16,17,18). The summed E-state index contributed by atoms with van der Waals surface area (Å²) in [7, 11) is 1.76. The molecule has 0 saturated carbocycles. The third-order valence-electron chi connectivity index (χ3n) is 3.18. The fraction of sp³-hybridized carbons (Fsp3) is 0.533. The zero-order valence-corrected chi connectivity index (χ0v) is 12.2. The largest absolute Gasteiger partial charge is 0.488 e. The molecule has 2 rings (SSSR count). The summed E-state index contributed by atoms with van der Waals surface area (Å²) in [6.45, 7) is 4.90. The van der Waals surface area contributed by atoms with E-state index in [0.29, 0.717) is 6.61 Å². The van der Waals surface area contributed by atoms with Gasteiger partial charge in [0, 0.05) is 26.6 Å². The molecule has 0 aromatic heterocycles. The molecule has 5 heteroatoms. The van der Waals surface area contributed by atoms with Crippen LogP contribution >= 0.6 is 0 Å². The van der Waals surface area contributed by atoms with Crippen LogP contribution in [0.2, 0.25) is 0 Å². The van der Waals surface area contributed by atoms with Gasteiger partial charge in [-0.2, -0.15) is 0 Å². The van der Waals surface area contributed by atoms with Crippen molar-refractivity contribution < 1.29 is 9.47 Å². The average molecular weight is 277 g/mol. The summed E-state index contributed by atoms with van der Waals surface area (Å²) in [6.07, 6.45) is 1.11. The summed E-state index contributed by atoms with van der Waals surface area (Å²) in [4.78, 5) is 4.18. The lowest BCUT2D eigenvalue weighted by atomic mass is 10.1. The van der Waals surface area contributed by atoms with E-state index in [1.807, 2.05) is 25.1 Å². The summed E-state index contributed by atoms with van der Waals surface area (Å²) in [5.74, 6) is 1.78. The van der Waals surface area contributed by atoms with Gasteiger partial charge in [0.15, 0.2) is 5.96 Å². The number of rotatable bonds is 6. The van der Waals surface area contributed by atoms with E-state index in [1.165, 1.54) is 5.56 Å². The van der Waals surface area contributed by atoms with Crippen LogP contribution in [0.1, 0.15) is 12.5 Å². The van der Waals surface area contributed by atoms with Crippen LogP contribution in [0, 0.1) is 0 Å². The first-order chi connectivity index (χ1) is 9.83. The molecule has 0 amide bonds. The minimum atomic E-state index is 0.165. The number of guanidine groups is 1. The fourth-order valence-corrected chi connectivity index (χ4v) is 2.18. The topological polar surface area (TPSA) is 54.9 Å². The SMILES string of the molecule is CCOCCNC(=NC)NCC1Cc2ccccc2O1. The Bertz CT molecular complexity index is 423. The molecule has 0 radical (unpaired) electrons. The average Bonchev–Trinajstić information content (AvgIpc) is 2.89. The molecule has 0 spiro atoms. The highest BCUT2D eigenvalue weighted by atomic mass is 16.5. The molecule has 0 saturated heterocycles. The van der Waals surface area contributed by atoms with Crippen molar-refractivity contribution in [1.29, 1.82) is 0 Å². The Morgan fingerprint density at radius 1 is 1.40 bits per heavy atom.